The Morgan fingerprint density at radius 1 is 1.33 bits per heavy atom. The van der Waals surface area contributed by atoms with E-state index < -0.39 is 20.1 Å². The van der Waals surface area contributed by atoms with Crippen LogP contribution in [0.4, 0.5) is 0 Å². The van der Waals surface area contributed by atoms with E-state index >= 15 is 0 Å². The molecule has 0 saturated carbocycles. The van der Waals surface area contributed by atoms with Gasteiger partial charge in [0.25, 0.3) is 0 Å². The van der Waals surface area contributed by atoms with Crippen molar-refractivity contribution in [3.8, 4) is 11.8 Å². The van der Waals surface area contributed by atoms with Gasteiger partial charge in [-0.3, -0.25) is 0 Å². The van der Waals surface area contributed by atoms with Crippen molar-refractivity contribution >= 4 is 14.0 Å². The van der Waals surface area contributed by atoms with Crippen molar-refractivity contribution in [2.24, 2.45) is 0 Å². The van der Waals surface area contributed by atoms with Crippen molar-refractivity contribution < 1.29 is 14.6 Å². The largest absolute Gasteiger partial charge is 0.464 e. The lowest BCUT2D eigenvalue weighted by molar-refractivity contribution is -0.150. The molecule has 0 radical (unpaired) electrons. The minimum absolute atomic E-state index is 0.255. The smallest absolute Gasteiger partial charge is 0.338 e. The van der Waals surface area contributed by atoms with Gasteiger partial charge in [0, 0.05) is 5.56 Å². The Bertz CT molecular complexity index is 559. The van der Waals surface area contributed by atoms with Crippen LogP contribution in [0.2, 0.25) is 19.6 Å². The van der Waals surface area contributed by atoms with Gasteiger partial charge in [0.05, 0.1) is 14.7 Å². The summed E-state index contributed by atoms with van der Waals surface area (Å²) in [6, 6.07) is 9.59. The molecule has 1 atom stereocenters. The quantitative estimate of drug-likeness (QED) is 0.528. The van der Waals surface area contributed by atoms with Crippen molar-refractivity contribution in [2.45, 2.75) is 32.7 Å². The molecule has 3 nitrogen and oxygen atoms in total. The zero-order valence-corrected chi connectivity index (χ0v) is 14.0. The lowest BCUT2D eigenvalue weighted by atomic mass is 10.2. The van der Waals surface area contributed by atoms with Gasteiger partial charge < -0.3 is 9.84 Å². The van der Waals surface area contributed by atoms with Crippen LogP contribution in [0.5, 0.6) is 0 Å². The predicted molar refractivity (Wildman–Crippen MR) is 87.4 cm³/mol. The maximum atomic E-state index is 11.7. The van der Waals surface area contributed by atoms with E-state index in [1.54, 1.807) is 13.0 Å². The third kappa shape index (κ3) is 5.58. The zero-order chi connectivity index (χ0) is 15.9. The summed E-state index contributed by atoms with van der Waals surface area (Å²) in [5.41, 5.74) is 0.898. The number of hydrogen-bond donors (Lipinski definition) is 1. The highest BCUT2D eigenvalue weighted by atomic mass is 28.3. The number of allylic oxidation sites excluding steroid dienone is 1. The topological polar surface area (TPSA) is 46.5 Å². The van der Waals surface area contributed by atoms with E-state index in [2.05, 4.69) is 31.5 Å². The van der Waals surface area contributed by atoms with Crippen LogP contribution in [-0.4, -0.2) is 31.9 Å². The summed E-state index contributed by atoms with van der Waals surface area (Å²) >= 11 is 0. The van der Waals surface area contributed by atoms with Crippen LogP contribution < -0.4 is 0 Å². The molecule has 0 aliphatic heterocycles. The Morgan fingerprint density at radius 3 is 2.48 bits per heavy atom. The fraction of sp³-hybridized carbons (Fsp3) is 0.353. The molecule has 1 aromatic rings. The van der Waals surface area contributed by atoms with Crippen molar-refractivity contribution in [2.75, 3.05) is 6.61 Å². The Hall–Kier alpha value is -1.83. The average molecular weight is 302 g/mol. The van der Waals surface area contributed by atoms with Crippen LogP contribution in [0.3, 0.4) is 0 Å². The number of ether oxygens (including phenoxy) is 1. The Balaban J connectivity index is 3.02. The molecule has 1 rings (SSSR count). The molecule has 0 aliphatic rings. The monoisotopic (exact) mass is 302 g/mol. The summed E-state index contributed by atoms with van der Waals surface area (Å²) in [7, 11) is -1.87. The first-order valence-corrected chi connectivity index (χ1v) is 10.5. The molecule has 1 aromatic carbocycles. The summed E-state index contributed by atoms with van der Waals surface area (Å²) in [6.45, 7) is 8.16. The highest BCUT2D eigenvalue weighted by Crippen LogP contribution is 2.19. The fourth-order valence-electron chi connectivity index (χ4n) is 1.77. The van der Waals surface area contributed by atoms with Gasteiger partial charge in [-0.25, -0.2) is 4.79 Å². The molecular formula is C17H22O3Si. The molecule has 0 aromatic heterocycles. The van der Waals surface area contributed by atoms with Gasteiger partial charge in [0.15, 0.2) is 6.10 Å². The van der Waals surface area contributed by atoms with Gasteiger partial charge >= 0.3 is 5.97 Å². The van der Waals surface area contributed by atoms with Gasteiger partial charge in [0.2, 0.25) is 0 Å². The second-order valence-corrected chi connectivity index (χ2v) is 10.7. The standard InChI is InChI=1S/C17H22O3Si/c1-5-20-17(19)16(18)15(21(2,3)4)13-9-12-14-10-7-6-8-11-14/h6-8,10-11,13,16,18H,5H2,1-4H3/b15-13-/t16-/m0/s1. The highest BCUT2D eigenvalue weighted by Gasteiger charge is 2.30. The Morgan fingerprint density at radius 2 is 1.95 bits per heavy atom. The second kappa shape index (κ2) is 7.82. The van der Waals surface area contributed by atoms with Crippen LogP contribution in [0.25, 0.3) is 0 Å². The maximum Gasteiger partial charge on any atom is 0.338 e. The molecule has 0 heterocycles. The van der Waals surface area contributed by atoms with Crippen LogP contribution >= 0.6 is 0 Å². The second-order valence-electron chi connectivity index (χ2n) is 5.64. The van der Waals surface area contributed by atoms with Crippen molar-refractivity contribution in [3.63, 3.8) is 0 Å². The SMILES string of the molecule is CCOC(=O)[C@@H](O)/C(=C/C#Cc1ccccc1)[Si](C)(C)C. The molecule has 0 aliphatic carbocycles. The van der Waals surface area contributed by atoms with E-state index in [0.29, 0.717) is 5.20 Å². The van der Waals surface area contributed by atoms with E-state index in [-0.39, 0.29) is 6.61 Å². The molecule has 0 amide bonds. The Kier molecular flexibility index (Phi) is 6.41. The van der Waals surface area contributed by atoms with E-state index in [9.17, 15) is 9.90 Å². The van der Waals surface area contributed by atoms with Gasteiger partial charge in [-0.05, 0) is 30.3 Å². The first-order valence-electron chi connectivity index (χ1n) is 6.98. The minimum Gasteiger partial charge on any atom is -0.464 e. The molecule has 0 unspecified atom stereocenters. The normalized spacial score (nSPS) is 13.1. The van der Waals surface area contributed by atoms with Crippen LogP contribution in [0.1, 0.15) is 12.5 Å². The number of aliphatic hydroxyl groups is 1. The zero-order valence-electron chi connectivity index (χ0n) is 13.0. The lowest BCUT2D eigenvalue weighted by Gasteiger charge is -2.23. The van der Waals surface area contributed by atoms with Gasteiger partial charge in [-0.2, -0.15) is 0 Å². The van der Waals surface area contributed by atoms with Crippen molar-refractivity contribution in [1.82, 2.24) is 0 Å². The highest BCUT2D eigenvalue weighted by molar-refractivity contribution is 6.83. The van der Waals surface area contributed by atoms with E-state index in [1.807, 2.05) is 30.3 Å². The van der Waals surface area contributed by atoms with E-state index in [1.165, 1.54) is 0 Å². The number of rotatable bonds is 4. The first-order chi connectivity index (χ1) is 9.86. The molecule has 21 heavy (non-hydrogen) atoms. The van der Waals surface area contributed by atoms with Gasteiger partial charge in [0.1, 0.15) is 0 Å². The van der Waals surface area contributed by atoms with Crippen LogP contribution in [0, 0.1) is 11.8 Å². The Labute approximate surface area is 127 Å². The number of hydrogen-bond acceptors (Lipinski definition) is 3. The molecule has 1 N–H and O–H groups in total. The number of benzene rings is 1. The molecule has 0 saturated heterocycles. The van der Waals surface area contributed by atoms with Crippen LogP contribution in [0.15, 0.2) is 41.6 Å². The molecule has 4 heteroatoms. The minimum atomic E-state index is -1.87. The molecule has 0 fully saturated rings. The summed E-state index contributed by atoms with van der Waals surface area (Å²) in [5, 5.41) is 10.9. The number of carbonyl (C=O) groups excluding carboxylic acids is 1. The third-order valence-corrected chi connectivity index (χ3v) is 5.04. The fourth-order valence-corrected chi connectivity index (χ4v) is 3.22. The summed E-state index contributed by atoms with van der Waals surface area (Å²) in [6.07, 6.45) is 0.447. The molecular weight excluding hydrogens is 280 g/mol. The number of esters is 1. The van der Waals surface area contributed by atoms with E-state index in [0.717, 1.165) is 5.56 Å². The van der Waals surface area contributed by atoms with Crippen LogP contribution in [-0.2, 0) is 9.53 Å². The van der Waals surface area contributed by atoms with Crippen molar-refractivity contribution in [3.05, 3.63) is 47.2 Å². The van der Waals surface area contributed by atoms with Crippen molar-refractivity contribution in [1.29, 1.82) is 0 Å². The summed E-state index contributed by atoms with van der Waals surface area (Å²) in [5.74, 6) is 5.34. The molecule has 112 valence electrons. The lowest BCUT2D eigenvalue weighted by Crippen LogP contribution is -2.37. The third-order valence-electron chi connectivity index (χ3n) is 2.89. The first kappa shape index (κ1) is 17.2. The number of carbonyl (C=O) groups is 1. The van der Waals surface area contributed by atoms with Gasteiger partial charge in [-0.1, -0.05) is 49.7 Å². The molecule has 0 spiro atoms. The molecule has 0 bridgehead atoms. The average Bonchev–Trinajstić information content (AvgIpc) is 2.43. The summed E-state index contributed by atoms with van der Waals surface area (Å²) in [4.78, 5) is 11.7. The van der Waals surface area contributed by atoms with Gasteiger partial charge in [-0.15, -0.1) is 0 Å². The number of aliphatic hydroxyl groups excluding tert-OH is 1. The maximum absolute atomic E-state index is 11.7. The van der Waals surface area contributed by atoms with E-state index in [4.69, 9.17) is 4.74 Å². The predicted octanol–water partition coefficient (Wildman–Crippen LogP) is 2.77. The summed E-state index contributed by atoms with van der Waals surface area (Å²) < 4.78 is 4.89.